The molecule has 3 N–H and O–H groups in total. The summed E-state index contributed by atoms with van der Waals surface area (Å²) in [6, 6.07) is 12.8. The molecule has 2 aromatic carbocycles. The van der Waals surface area contributed by atoms with Crippen molar-refractivity contribution in [3.05, 3.63) is 70.6 Å². The van der Waals surface area contributed by atoms with Crippen molar-refractivity contribution in [1.82, 2.24) is 25.7 Å². The number of halogens is 1. The van der Waals surface area contributed by atoms with Gasteiger partial charge in [-0.05, 0) is 24.6 Å². The Labute approximate surface area is 174 Å². The smallest absolute Gasteiger partial charge is 0.273 e. The minimum Gasteiger partial charge on any atom is -0.339 e. The van der Waals surface area contributed by atoms with E-state index in [1.165, 1.54) is 6.07 Å². The molecule has 0 spiro atoms. The number of aromatic nitrogens is 4. The molecular formula is C20H17FN6O2S. The molecule has 30 heavy (non-hydrogen) atoms. The number of para-hydroxylation sites is 1. The standard InChI is InChI=1S/C20H17FN6O2S/c1-11(22-19(29)17-13-7-3-5-9-15(13)24-26-17)18(28)23-20-27-25-16(30-20)10-12-6-2-4-8-14(12)21/h2-9,11H,10H2,1H3,(H,22,29)(H,24,26)(H,23,27,28). The van der Waals surface area contributed by atoms with Gasteiger partial charge in [-0.1, -0.05) is 47.7 Å². The minimum atomic E-state index is -0.827. The van der Waals surface area contributed by atoms with E-state index in [0.717, 1.165) is 16.9 Å². The summed E-state index contributed by atoms with van der Waals surface area (Å²) < 4.78 is 13.8. The number of carbonyl (C=O) groups is 2. The first-order chi connectivity index (χ1) is 14.5. The molecule has 10 heteroatoms. The van der Waals surface area contributed by atoms with Crippen LogP contribution in [0.5, 0.6) is 0 Å². The Kier molecular flexibility index (Phi) is 5.48. The number of aromatic amines is 1. The number of fused-ring (bicyclic) bond motifs is 1. The van der Waals surface area contributed by atoms with Gasteiger partial charge in [0.2, 0.25) is 11.0 Å². The molecule has 8 nitrogen and oxygen atoms in total. The van der Waals surface area contributed by atoms with Crippen molar-refractivity contribution in [1.29, 1.82) is 0 Å². The molecule has 2 amide bonds. The van der Waals surface area contributed by atoms with E-state index >= 15 is 0 Å². The number of carbonyl (C=O) groups excluding carboxylic acids is 2. The number of hydrogen-bond acceptors (Lipinski definition) is 6. The zero-order valence-corrected chi connectivity index (χ0v) is 16.7. The van der Waals surface area contributed by atoms with Crippen LogP contribution in [-0.2, 0) is 11.2 Å². The topological polar surface area (TPSA) is 113 Å². The third kappa shape index (κ3) is 4.18. The maximum Gasteiger partial charge on any atom is 0.273 e. The van der Waals surface area contributed by atoms with Gasteiger partial charge in [-0.15, -0.1) is 10.2 Å². The van der Waals surface area contributed by atoms with Gasteiger partial charge in [-0.2, -0.15) is 5.10 Å². The van der Waals surface area contributed by atoms with Crippen LogP contribution in [0.1, 0.15) is 28.0 Å². The molecule has 0 saturated carbocycles. The summed E-state index contributed by atoms with van der Waals surface area (Å²) in [6.07, 6.45) is 0.277. The van der Waals surface area contributed by atoms with Gasteiger partial charge in [0.1, 0.15) is 16.9 Å². The number of amides is 2. The van der Waals surface area contributed by atoms with Crippen molar-refractivity contribution in [3.63, 3.8) is 0 Å². The maximum atomic E-state index is 13.8. The summed E-state index contributed by atoms with van der Waals surface area (Å²) in [5.74, 6) is -1.23. The molecule has 0 aliphatic heterocycles. The summed E-state index contributed by atoms with van der Waals surface area (Å²) in [7, 11) is 0. The lowest BCUT2D eigenvalue weighted by molar-refractivity contribution is -0.117. The Hall–Kier alpha value is -3.66. The maximum absolute atomic E-state index is 13.8. The average molecular weight is 424 g/mol. The fourth-order valence-electron chi connectivity index (χ4n) is 2.86. The van der Waals surface area contributed by atoms with Gasteiger partial charge in [0.15, 0.2) is 5.69 Å². The molecule has 1 unspecified atom stereocenters. The number of hydrogen-bond donors (Lipinski definition) is 3. The van der Waals surface area contributed by atoms with Crippen molar-refractivity contribution in [2.24, 2.45) is 0 Å². The summed E-state index contributed by atoms with van der Waals surface area (Å²) in [5, 5.41) is 21.5. The number of rotatable bonds is 6. The largest absolute Gasteiger partial charge is 0.339 e. The molecule has 2 heterocycles. The lowest BCUT2D eigenvalue weighted by Crippen LogP contribution is -2.41. The molecule has 2 aromatic heterocycles. The first-order valence-electron chi connectivity index (χ1n) is 9.12. The Bertz CT molecular complexity index is 1220. The predicted octanol–water partition coefficient (Wildman–Crippen LogP) is 2.90. The normalized spacial score (nSPS) is 11.9. The van der Waals surface area contributed by atoms with Crippen LogP contribution in [0.2, 0.25) is 0 Å². The Morgan fingerprint density at radius 2 is 1.90 bits per heavy atom. The van der Waals surface area contributed by atoms with Gasteiger partial charge >= 0.3 is 0 Å². The summed E-state index contributed by atoms with van der Waals surface area (Å²) >= 11 is 1.15. The zero-order valence-electron chi connectivity index (χ0n) is 15.8. The quantitative estimate of drug-likeness (QED) is 0.441. The highest BCUT2D eigenvalue weighted by molar-refractivity contribution is 7.15. The fourth-order valence-corrected chi connectivity index (χ4v) is 3.63. The highest BCUT2D eigenvalue weighted by Gasteiger charge is 2.21. The van der Waals surface area contributed by atoms with Crippen LogP contribution in [0.25, 0.3) is 10.9 Å². The van der Waals surface area contributed by atoms with Crippen molar-refractivity contribution < 1.29 is 14.0 Å². The SMILES string of the molecule is CC(NC(=O)c1n[nH]c2ccccc12)C(=O)Nc1nnc(Cc2ccccc2F)s1. The van der Waals surface area contributed by atoms with E-state index in [1.54, 1.807) is 37.3 Å². The van der Waals surface area contributed by atoms with E-state index in [1.807, 2.05) is 12.1 Å². The lowest BCUT2D eigenvalue weighted by atomic mass is 10.1. The van der Waals surface area contributed by atoms with E-state index < -0.39 is 17.9 Å². The second-order valence-electron chi connectivity index (χ2n) is 6.57. The fraction of sp³-hybridized carbons (Fsp3) is 0.150. The van der Waals surface area contributed by atoms with Crippen LogP contribution < -0.4 is 10.6 Å². The molecule has 0 saturated heterocycles. The van der Waals surface area contributed by atoms with Gasteiger partial charge in [0.05, 0.1) is 5.52 Å². The van der Waals surface area contributed by atoms with E-state index in [4.69, 9.17) is 0 Å². The number of nitrogens with zero attached hydrogens (tertiary/aromatic N) is 3. The average Bonchev–Trinajstić information content (AvgIpc) is 3.36. The monoisotopic (exact) mass is 424 g/mol. The summed E-state index contributed by atoms with van der Waals surface area (Å²) in [6.45, 7) is 1.56. The molecule has 4 aromatic rings. The van der Waals surface area contributed by atoms with E-state index in [0.29, 0.717) is 16.0 Å². The van der Waals surface area contributed by atoms with E-state index in [2.05, 4.69) is 31.0 Å². The molecule has 0 fully saturated rings. The number of H-pyrrole nitrogens is 1. The van der Waals surface area contributed by atoms with Crippen molar-refractivity contribution >= 4 is 39.2 Å². The third-order valence-corrected chi connectivity index (χ3v) is 5.26. The highest BCUT2D eigenvalue weighted by atomic mass is 32.1. The number of nitrogens with one attached hydrogen (secondary N) is 3. The molecule has 0 bridgehead atoms. The Balaban J connectivity index is 1.37. The first kappa shape index (κ1) is 19.6. The van der Waals surface area contributed by atoms with Crippen molar-refractivity contribution in [3.8, 4) is 0 Å². The molecule has 4 rings (SSSR count). The van der Waals surface area contributed by atoms with Crippen LogP contribution in [0.3, 0.4) is 0 Å². The molecule has 0 aliphatic rings. The van der Waals surface area contributed by atoms with Crippen LogP contribution in [-0.4, -0.2) is 38.3 Å². The molecule has 0 radical (unpaired) electrons. The third-order valence-electron chi connectivity index (χ3n) is 4.42. The number of anilines is 1. The van der Waals surface area contributed by atoms with Crippen molar-refractivity contribution in [2.45, 2.75) is 19.4 Å². The van der Waals surface area contributed by atoms with Gasteiger partial charge in [0, 0.05) is 11.8 Å². The minimum absolute atomic E-state index is 0.216. The molecule has 152 valence electrons. The van der Waals surface area contributed by atoms with E-state index in [-0.39, 0.29) is 23.1 Å². The van der Waals surface area contributed by atoms with Gasteiger partial charge in [0.25, 0.3) is 5.91 Å². The Morgan fingerprint density at radius 1 is 1.13 bits per heavy atom. The van der Waals surface area contributed by atoms with Gasteiger partial charge in [-0.3, -0.25) is 20.0 Å². The lowest BCUT2D eigenvalue weighted by Gasteiger charge is -2.11. The van der Waals surface area contributed by atoms with Gasteiger partial charge < -0.3 is 5.32 Å². The van der Waals surface area contributed by atoms with Crippen LogP contribution in [0.15, 0.2) is 48.5 Å². The van der Waals surface area contributed by atoms with E-state index in [9.17, 15) is 14.0 Å². The highest BCUT2D eigenvalue weighted by Crippen LogP contribution is 2.20. The second-order valence-corrected chi connectivity index (χ2v) is 7.63. The molecule has 0 aliphatic carbocycles. The van der Waals surface area contributed by atoms with Crippen molar-refractivity contribution in [2.75, 3.05) is 5.32 Å². The Morgan fingerprint density at radius 3 is 2.73 bits per heavy atom. The summed E-state index contributed by atoms with van der Waals surface area (Å²) in [5.41, 5.74) is 1.45. The predicted molar refractivity (Wildman–Crippen MR) is 111 cm³/mol. The van der Waals surface area contributed by atoms with Crippen LogP contribution in [0.4, 0.5) is 9.52 Å². The summed E-state index contributed by atoms with van der Waals surface area (Å²) in [4.78, 5) is 24.9. The van der Waals surface area contributed by atoms with Crippen LogP contribution in [0, 0.1) is 5.82 Å². The van der Waals surface area contributed by atoms with Crippen LogP contribution >= 0.6 is 11.3 Å². The zero-order chi connectivity index (χ0) is 21.1. The molecular weight excluding hydrogens is 407 g/mol. The molecule has 1 atom stereocenters. The number of benzene rings is 2. The van der Waals surface area contributed by atoms with Gasteiger partial charge in [-0.25, -0.2) is 4.39 Å². The first-order valence-corrected chi connectivity index (χ1v) is 9.93. The second kappa shape index (κ2) is 8.37.